The van der Waals surface area contributed by atoms with E-state index in [0.29, 0.717) is 25.5 Å². The summed E-state index contributed by atoms with van der Waals surface area (Å²) in [4.78, 5) is 14.0. The normalized spacial score (nSPS) is 16.7. The summed E-state index contributed by atoms with van der Waals surface area (Å²) >= 11 is 0. The van der Waals surface area contributed by atoms with Crippen LogP contribution in [0.2, 0.25) is 0 Å². The van der Waals surface area contributed by atoms with E-state index < -0.39 is 57.2 Å². The number of nitrogens with zero attached hydrogens (tertiary/aromatic N) is 1. The minimum Gasteiger partial charge on any atom is -0.349 e. The van der Waals surface area contributed by atoms with E-state index in [1.165, 1.54) is 4.72 Å². The number of carbonyl (C=O) groups excluding carboxylic acids is 1. The van der Waals surface area contributed by atoms with Gasteiger partial charge >= 0.3 is 12.4 Å². The molecule has 42 heavy (non-hydrogen) atoms. The van der Waals surface area contributed by atoms with Crippen molar-refractivity contribution in [2.75, 3.05) is 26.2 Å². The molecule has 0 aliphatic heterocycles. The highest BCUT2D eigenvalue weighted by molar-refractivity contribution is 7.89. The predicted octanol–water partition coefficient (Wildman–Crippen LogP) is 4.93. The first kappa shape index (κ1) is 33.8. The number of halogens is 6. The highest BCUT2D eigenvalue weighted by Gasteiger charge is 2.44. The third-order valence-electron chi connectivity index (χ3n) is 7.24. The zero-order valence-corrected chi connectivity index (χ0v) is 24.2. The lowest BCUT2D eigenvalue weighted by Crippen LogP contribution is -2.48. The van der Waals surface area contributed by atoms with Crippen LogP contribution in [0.3, 0.4) is 0 Å². The molecule has 2 aromatic rings. The van der Waals surface area contributed by atoms with Crippen LogP contribution in [0.25, 0.3) is 0 Å². The Kier molecular flexibility index (Phi) is 11.4. The van der Waals surface area contributed by atoms with Crippen molar-refractivity contribution in [3.63, 3.8) is 0 Å². The quantitative estimate of drug-likeness (QED) is 0.218. The molecule has 2 atom stereocenters. The van der Waals surface area contributed by atoms with Crippen molar-refractivity contribution in [2.45, 2.75) is 75.4 Å². The fourth-order valence-electron chi connectivity index (χ4n) is 4.90. The molecule has 0 saturated heterocycles. The molecule has 0 saturated carbocycles. The van der Waals surface area contributed by atoms with Gasteiger partial charge in [-0.2, -0.15) is 31.1 Å². The highest BCUT2D eigenvalue weighted by atomic mass is 32.2. The van der Waals surface area contributed by atoms with Gasteiger partial charge in [0, 0.05) is 19.6 Å². The fourth-order valence-corrected chi connectivity index (χ4v) is 6.16. The third-order valence-corrected chi connectivity index (χ3v) is 8.71. The van der Waals surface area contributed by atoms with Gasteiger partial charge in [-0.15, -0.1) is 0 Å². The topological polar surface area (TPSA) is 90.5 Å². The molecule has 2 aromatic carbocycles. The SMILES string of the molecule is CCN(CC)CCNCc1ccc2c(c1)CCC[C@H]2NC(=O)C[C@H](NS(=O)(=O)c1cccc(C(F)(F)F)c1)C(F)(F)F. The molecule has 1 aliphatic carbocycles. The van der Waals surface area contributed by atoms with E-state index in [1.807, 2.05) is 18.2 Å². The van der Waals surface area contributed by atoms with Crippen LogP contribution < -0.4 is 15.4 Å². The standard InChI is InChI=1S/C28H36F6N4O3S/c1-3-38(4-2)14-13-35-18-19-11-12-23-20(15-19)7-5-10-24(23)36-26(39)17-25(28(32,33)34)37-42(40,41)22-9-6-8-21(16-22)27(29,30)31/h6,8-9,11-12,15-16,24-25,35,37H,3-5,7,10,13-14,17-18H2,1-2H3,(H,36,39)/t24-,25+/m1/s1. The van der Waals surface area contributed by atoms with E-state index in [0.717, 1.165) is 61.4 Å². The van der Waals surface area contributed by atoms with Crippen molar-refractivity contribution in [3.05, 3.63) is 64.7 Å². The molecule has 1 amide bonds. The van der Waals surface area contributed by atoms with Crippen LogP contribution in [0.5, 0.6) is 0 Å². The second-order valence-corrected chi connectivity index (χ2v) is 11.9. The molecule has 0 unspecified atom stereocenters. The minimum absolute atomic E-state index is 0.240. The summed E-state index contributed by atoms with van der Waals surface area (Å²) < 4.78 is 107. The molecule has 14 heteroatoms. The molecule has 0 fully saturated rings. The van der Waals surface area contributed by atoms with Crippen molar-refractivity contribution in [1.82, 2.24) is 20.3 Å². The number of hydrogen-bond donors (Lipinski definition) is 3. The van der Waals surface area contributed by atoms with Gasteiger partial charge in [-0.3, -0.25) is 4.79 Å². The van der Waals surface area contributed by atoms with Gasteiger partial charge in [0.1, 0.15) is 6.04 Å². The Morgan fingerprint density at radius 2 is 1.76 bits per heavy atom. The summed E-state index contributed by atoms with van der Waals surface area (Å²) in [6, 6.07) is 4.73. The van der Waals surface area contributed by atoms with E-state index in [4.69, 9.17) is 0 Å². The van der Waals surface area contributed by atoms with Crippen molar-refractivity contribution in [1.29, 1.82) is 0 Å². The summed E-state index contributed by atoms with van der Waals surface area (Å²) in [6.45, 7) is 8.52. The molecule has 3 rings (SSSR count). The molecule has 0 aromatic heterocycles. The molecular formula is C28H36F6N4O3S. The van der Waals surface area contributed by atoms with Crippen LogP contribution in [0, 0.1) is 0 Å². The Bertz CT molecular complexity index is 1310. The maximum Gasteiger partial charge on any atom is 0.416 e. The van der Waals surface area contributed by atoms with Gasteiger partial charge in [-0.05, 0) is 67.2 Å². The lowest BCUT2D eigenvalue weighted by Gasteiger charge is -2.28. The van der Waals surface area contributed by atoms with Gasteiger partial charge in [-0.1, -0.05) is 38.1 Å². The predicted molar refractivity (Wildman–Crippen MR) is 146 cm³/mol. The number of aryl methyl sites for hydroxylation is 1. The number of sulfonamides is 1. The first-order valence-electron chi connectivity index (χ1n) is 13.7. The molecule has 1 aliphatic rings. The van der Waals surface area contributed by atoms with Crippen LogP contribution in [-0.4, -0.2) is 57.6 Å². The molecular weight excluding hydrogens is 586 g/mol. The second-order valence-electron chi connectivity index (χ2n) is 10.2. The van der Waals surface area contributed by atoms with Gasteiger partial charge < -0.3 is 15.5 Å². The van der Waals surface area contributed by atoms with Crippen molar-refractivity contribution >= 4 is 15.9 Å². The van der Waals surface area contributed by atoms with Gasteiger partial charge in [0.25, 0.3) is 0 Å². The molecule has 0 radical (unpaired) electrons. The van der Waals surface area contributed by atoms with E-state index in [9.17, 15) is 39.6 Å². The zero-order valence-electron chi connectivity index (χ0n) is 23.4. The Morgan fingerprint density at radius 3 is 2.40 bits per heavy atom. The van der Waals surface area contributed by atoms with Gasteiger partial charge in [-0.25, -0.2) is 8.42 Å². The number of nitrogens with one attached hydrogen (secondary N) is 3. The Hall–Kier alpha value is -2.68. The number of alkyl halides is 6. The Balaban J connectivity index is 1.66. The van der Waals surface area contributed by atoms with E-state index in [2.05, 4.69) is 29.4 Å². The molecule has 7 nitrogen and oxygen atoms in total. The second kappa shape index (κ2) is 14.2. The molecule has 234 valence electrons. The number of hydrogen-bond acceptors (Lipinski definition) is 5. The highest BCUT2D eigenvalue weighted by Crippen LogP contribution is 2.33. The van der Waals surface area contributed by atoms with Gasteiger partial charge in [0.2, 0.25) is 15.9 Å². The lowest BCUT2D eigenvalue weighted by molar-refractivity contribution is -0.158. The smallest absolute Gasteiger partial charge is 0.349 e. The summed E-state index contributed by atoms with van der Waals surface area (Å²) in [5.41, 5.74) is 1.48. The Morgan fingerprint density at radius 1 is 1.05 bits per heavy atom. The minimum atomic E-state index is -5.18. The van der Waals surface area contributed by atoms with Crippen LogP contribution in [0.15, 0.2) is 47.4 Å². The number of benzene rings is 2. The van der Waals surface area contributed by atoms with Crippen LogP contribution >= 0.6 is 0 Å². The van der Waals surface area contributed by atoms with E-state index in [-0.39, 0.29) is 6.07 Å². The van der Waals surface area contributed by atoms with Crippen LogP contribution in [-0.2, 0) is 34.0 Å². The summed E-state index contributed by atoms with van der Waals surface area (Å²) in [7, 11) is -5.03. The van der Waals surface area contributed by atoms with Gasteiger partial charge in [0.05, 0.1) is 22.9 Å². The molecule has 0 bridgehead atoms. The molecule has 0 heterocycles. The number of amides is 1. The van der Waals surface area contributed by atoms with Crippen molar-refractivity contribution in [2.24, 2.45) is 0 Å². The average molecular weight is 623 g/mol. The maximum absolute atomic E-state index is 13.8. The van der Waals surface area contributed by atoms with Gasteiger partial charge in [0.15, 0.2) is 0 Å². The van der Waals surface area contributed by atoms with E-state index in [1.54, 1.807) is 0 Å². The first-order valence-corrected chi connectivity index (χ1v) is 15.2. The monoisotopic (exact) mass is 622 g/mol. The summed E-state index contributed by atoms with van der Waals surface area (Å²) in [5.74, 6) is -1.04. The Labute approximate surface area is 242 Å². The van der Waals surface area contributed by atoms with Crippen LogP contribution in [0.4, 0.5) is 26.3 Å². The average Bonchev–Trinajstić information content (AvgIpc) is 2.92. The summed E-state index contributed by atoms with van der Waals surface area (Å²) in [6.07, 6.45) is -9.41. The zero-order chi connectivity index (χ0) is 31.1. The fraction of sp³-hybridized carbons (Fsp3) is 0.536. The van der Waals surface area contributed by atoms with Crippen molar-refractivity contribution in [3.8, 4) is 0 Å². The van der Waals surface area contributed by atoms with E-state index >= 15 is 0 Å². The maximum atomic E-state index is 13.8. The molecule has 0 spiro atoms. The number of fused-ring (bicyclic) bond motifs is 1. The first-order chi connectivity index (χ1) is 19.6. The lowest BCUT2D eigenvalue weighted by atomic mass is 9.86. The number of rotatable bonds is 13. The number of carbonyl (C=O) groups is 1. The third kappa shape index (κ3) is 9.41. The van der Waals surface area contributed by atoms with Crippen molar-refractivity contribution < 1.29 is 39.6 Å². The molecule has 3 N–H and O–H groups in total. The largest absolute Gasteiger partial charge is 0.416 e. The summed E-state index contributed by atoms with van der Waals surface area (Å²) in [5, 5.41) is 5.98. The number of likely N-dealkylation sites (N-methyl/N-ethyl adjacent to an activating group) is 1. The van der Waals surface area contributed by atoms with Crippen LogP contribution in [0.1, 0.15) is 61.4 Å².